The number of benzene rings is 1. The van der Waals surface area contributed by atoms with E-state index >= 15 is 0 Å². The number of carbonyl (C=O) groups excluding carboxylic acids is 1. The van der Waals surface area contributed by atoms with Gasteiger partial charge in [-0.3, -0.25) is 4.79 Å². The Balaban J connectivity index is 1.47. The molecule has 27 heavy (non-hydrogen) atoms. The average molecular weight is 374 g/mol. The lowest BCUT2D eigenvalue weighted by Gasteiger charge is -2.16. The number of ether oxygens (including phenoxy) is 1. The SMILES string of the molecule is O=C(Nc1cccnc1-n1cccn1)c1cc2c(s1)-c1ccccc1OC2. The van der Waals surface area contributed by atoms with Crippen LogP contribution < -0.4 is 10.1 Å². The number of carbonyl (C=O) groups is 1. The van der Waals surface area contributed by atoms with Gasteiger partial charge in [-0.05, 0) is 36.4 Å². The van der Waals surface area contributed by atoms with Crippen LogP contribution in [0.1, 0.15) is 15.2 Å². The van der Waals surface area contributed by atoms with Gasteiger partial charge in [0, 0.05) is 34.6 Å². The van der Waals surface area contributed by atoms with Crippen molar-refractivity contribution in [3.8, 4) is 22.0 Å². The highest BCUT2D eigenvalue weighted by molar-refractivity contribution is 7.17. The third kappa shape index (κ3) is 2.78. The van der Waals surface area contributed by atoms with E-state index < -0.39 is 0 Å². The summed E-state index contributed by atoms with van der Waals surface area (Å²) in [6.45, 7) is 0.474. The zero-order valence-corrected chi connectivity index (χ0v) is 14.9. The first-order valence-electron chi connectivity index (χ1n) is 8.41. The van der Waals surface area contributed by atoms with Crippen molar-refractivity contribution in [1.29, 1.82) is 0 Å². The number of rotatable bonds is 3. The quantitative estimate of drug-likeness (QED) is 0.585. The summed E-state index contributed by atoms with van der Waals surface area (Å²) in [5, 5.41) is 7.15. The summed E-state index contributed by atoms with van der Waals surface area (Å²) in [5.74, 6) is 1.26. The molecule has 0 fully saturated rings. The Morgan fingerprint density at radius 2 is 2.07 bits per heavy atom. The molecule has 7 heteroatoms. The summed E-state index contributed by atoms with van der Waals surface area (Å²) in [7, 11) is 0. The van der Waals surface area contributed by atoms with E-state index in [1.54, 1.807) is 29.3 Å². The normalized spacial score (nSPS) is 12.0. The predicted octanol–water partition coefficient (Wildman–Crippen LogP) is 4.14. The van der Waals surface area contributed by atoms with Crippen LogP contribution in [0.5, 0.6) is 5.75 Å². The van der Waals surface area contributed by atoms with Gasteiger partial charge in [0.25, 0.3) is 5.91 Å². The van der Waals surface area contributed by atoms with Crippen LogP contribution in [0.3, 0.4) is 0 Å². The standard InChI is InChI=1S/C20H14N4O2S/c25-20(23-15-6-3-8-21-19(15)24-10-4-9-22-24)17-11-13-12-26-16-7-2-1-5-14(16)18(13)27-17/h1-11H,12H2,(H,23,25). The molecule has 0 spiro atoms. The lowest BCUT2D eigenvalue weighted by Crippen LogP contribution is -2.13. The molecule has 0 saturated heterocycles. The number of anilines is 1. The van der Waals surface area contributed by atoms with Crippen molar-refractivity contribution >= 4 is 22.9 Å². The molecule has 4 heterocycles. The minimum Gasteiger partial charge on any atom is -0.488 e. The number of amides is 1. The van der Waals surface area contributed by atoms with E-state index in [2.05, 4.69) is 15.4 Å². The first-order valence-corrected chi connectivity index (χ1v) is 9.22. The van der Waals surface area contributed by atoms with Gasteiger partial charge < -0.3 is 10.1 Å². The molecule has 132 valence electrons. The van der Waals surface area contributed by atoms with Gasteiger partial charge >= 0.3 is 0 Å². The Bertz CT molecular complexity index is 1130. The molecule has 1 amide bonds. The Labute approximate surface area is 159 Å². The van der Waals surface area contributed by atoms with E-state index in [0.717, 1.165) is 21.8 Å². The molecule has 1 aliphatic rings. The summed E-state index contributed by atoms with van der Waals surface area (Å²) in [5.41, 5.74) is 2.66. The average Bonchev–Trinajstić information content (AvgIpc) is 3.38. The first kappa shape index (κ1) is 15.8. The van der Waals surface area contributed by atoms with Crippen molar-refractivity contribution in [2.45, 2.75) is 6.61 Å². The Kier molecular flexibility index (Phi) is 3.72. The third-order valence-corrected chi connectivity index (χ3v) is 5.51. The number of nitrogens with one attached hydrogen (secondary N) is 1. The first-order chi connectivity index (χ1) is 13.3. The fourth-order valence-corrected chi connectivity index (χ4v) is 4.16. The number of hydrogen-bond acceptors (Lipinski definition) is 5. The summed E-state index contributed by atoms with van der Waals surface area (Å²) in [6.07, 6.45) is 5.13. The van der Waals surface area contributed by atoms with E-state index in [9.17, 15) is 4.79 Å². The Morgan fingerprint density at radius 1 is 1.15 bits per heavy atom. The fraction of sp³-hybridized carbons (Fsp3) is 0.0500. The minimum absolute atomic E-state index is 0.173. The maximum Gasteiger partial charge on any atom is 0.265 e. The van der Waals surface area contributed by atoms with Crippen LogP contribution in [0.2, 0.25) is 0 Å². The Morgan fingerprint density at radius 3 is 2.96 bits per heavy atom. The number of fused-ring (bicyclic) bond motifs is 3. The van der Waals surface area contributed by atoms with Crippen molar-refractivity contribution in [3.63, 3.8) is 0 Å². The van der Waals surface area contributed by atoms with E-state index in [1.807, 2.05) is 42.5 Å². The monoisotopic (exact) mass is 374 g/mol. The molecule has 0 atom stereocenters. The van der Waals surface area contributed by atoms with Crippen LogP contribution in [0, 0.1) is 0 Å². The smallest absolute Gasteiger partial charge is 0.265 e. The molecule has 0 bridgehead atoms. The van der Waals surface area contributed by atoms with Gasteiger partial charge in [0.15, 0.2) is 5.82 Å². The number of aromatic nitrogens is 3. The van der Waals surface area contributed by atoms with Gasteiger partial charge in [-0.15, -0.1) is 11.3 Å². The van der Waals surface area contributed by atoms with Crippen LogP contribution in [0.4, 0.5) is 5.69 Å². The second-order valence-corrected chi connectivity index (χ2v) is 7.08. The van der Waals surface area contributed by atoms with Crippen molar-refractivity contribution in [2.24, 2.45) is 0 Å². The van der Waals surface area contributed by atoms with E-state index in [4.69, 9.17) is 4.74 Å². The summed E-state index contributed by atoms with van der Waals surface area (Å²) in [4.78, 5) is 18.9. The van der Waals surface area contributed by atoms with E-state index in [-0.39, 0.29) is 5.91 Å². The van der Waals surface area contributed by atoms with Gasteiger partial charge in [0.05, 0.1) is 10.6 Å². The van der Waals surface area contributed by atoms with Gasteiger partial charge in [0.1, 0.15) is 12.4 Å². The molecule has 3 aromatic heterocycles. The van der Waals surface area contributed by atoms with Crippen LogP contribution >= 0.6 is 11.3 Å². The molecule has 0 aliphatic carbocycles. The largest absolute Gasteiger partial charge is 0.488 e. The number of hydrogen-bond donors (Lipinski definition) is 1. The number of pyridine rings is 1. The lowest BCUT2D eigenvalue weighted by molar-refractivity contribution is 0.103. The second-order valence-electron chi connectivity index (χ2n) is 6.03. The van der Waals surface area contributed by atoms with Crippen molar-refractivity contribution in [3.05, 3.63) is 77.6 Å². The zero-order valence-electron chi connectivity index (χ0n) is 14.1. The maximum atomic E-state index is 12.9. The second kappa shape index (κ2) is 6.37. The topological polar surface area (TPSA) is 69.0 Å². The fourth-order valence-electron chi connectivity index (χ4n) is 3.07. The highest BCUT2D eigenvalue weighted by atomic mass is 32.1. The van der Waals surface area contributed by atoms with Crippen molar-refractivity contribution < 1.29 is 9.53 Å². The Hall–Kier alpha value is -3.45. The molecule has 1 aromatic carbocycles. The lowest BCUT2D eigenvalue weighted by atomic mass is 10.1. The van der Waals surface area contributed by atoms with Crippen LogP contribution in [0.25, 0.3) is 16.3 Å². The highest BCUT2D eigenvalue weighted by Gasteiger charge is 2.23. The molecule has 5 rings (SSSR count). The van der Waals surface area contributed by atoms with Gasteiger partial charge in [-0.25, -0.2) is 9.67 Å². The molecule has 1 N–H and O–H groups in total. The number of para-hydroxylation sites is 1. The van der Waals surface area contributed by atoms with Crippen LogP contribution in [0.15, 0.2) is 67.1 Å². The van der Waals surface area contributed by atoms with Gasteiger partial charge in [-0.2, -0.15) is 5.10 Å². The minimum atomic E-state index is -0.173. The molecule has 0 unspecified atom stereocenters. The molecular weight excluding hydrogens is 360 g/mol. The van der Waals surface area contributed by atoms with E-state index in [0.29, 0.717) is 23.0 Å². The summed E-state index contributed by atoms with van der Waals surface area (Å²) in [6, 6.07) is 15.2. The summed E-state index contributed by atoms with van der Waals surface area (Å²) < 4.78 is 7.41. The van der Waals surface area contributed by atoms with Gasteiger partial charge in [0.2, 0.25) is 0 Å². The number of thiophene rings is 1. The summed E-state index contributed by atoms with van der Waals surface area (Å²) >= 11 is 1.47. The van der Waals surface area contributed by atoms with E-state index in [1.165, 1.54) is 11.3 Å². The predicted molar refractivity (Wildman–Crippen MR) is 103 cm³/mol. The molecule has 1 aliphatic heterocycles. The van der Waals surface area contributed by atoms with Crippen molar-refractivity contribution in [1.82, 2.24) is 14.8 Å². The van der Waals surface area contributed by atoms with Crippen molar-refractivity contribution in [2.75, 3.05) is 5.32 Å². The molecule has 6 nitrogen and oxygen atoms in total. The van der Waals surface area contributed by atoms with Crippen LogP contribution in [-0.2, 0) is 6.61 Å². The van der Waals surface area contributed by atoms with Gasteiger partial charge in [-0.1, -0.05) is 12.1 Å². The highest BCUT2D eigenvalue weighted by Crippen LogP contribution is 2.42. The molecular formula is C20H14N4O2S. The third-order valence-electron chi connectivity index (χ3n) is 4.30. The molecule has 0 radical (unpaired) electrons. The maximum absolute atomic E-state index is 12.9. The number of nitrogens with zero attached hydrogens (tertiary/aromatic N) is 3. The zero-order chi connectivity index (χ0) is 18.2. The molecule has 0 saturated carbocycles. The van der Waals surface area contributed by atoms with Crippen LogP contribution in [-0.4, -0.2) is 20.7 Å². The molecule has 4 aromatic rings.